The zero-order chi connectivity index (χ0) is 28.9. The first-order valence-corrected chi connectivity index (χ1v) is 14.8. The van der Waals surface area contributed by atoms with Crippen LogP contribution in [-0.4, -0.2) is 75.0 Å². The quantitative estimate of drug-likeness (QED) is 0.331. The lowest BCUT2D eigenvalue weighted by atomic mass is 9.90. The molecule has 2 amide bonds. The van der Waals surface area contributed by atoms with Gasteiger partial charge >= 0.3 is 0 Å². The molecule has 0 spiro atoms. The van der Waals surface area contributed by atoms with Crippen LogP contribution in [0, 0.1) is 6.92 Å². The molecule has 3 aromatic carbocycles. The predicted octanol–water partition coefficient (Wildman–Crippen LogP) is 6.49. The lowest BCUT2D eigenvalue weighted by molar-refractivity contribution is 0.0983. The summed E-state index contributed by atoms with van der Waals surface area (Å²) in [4.78, 5) is 33.7. The van der Waals surface area contributed by atoms with E-state index in [0.29, 0.717) is 40.0 Å². The van der Waals surface area contributed by atoms with Gasteiger partial charge in [0.25, 0.3) is 11.8 Å². The van der Waals surface area contributed by atoms with Gasteiger partial charge in [-0.3, -0.25) is 9.59 Å². The number of nitrogens with one attached hydrogen (secondary N) is 1. The van der Waals surface area contributed by atoms with Gasteiger partial charge in [0.05, 0.1) is 12.7 Å². The number of hydrogen-bond donors (Lipinski definition) is 1. The highest BCUT2D eigenvalue weighted by molar-refractivity contribution is 6.30. The summed E-state index contributed by atoms with van der Waals surface area (Å²) in [5.74, 6) is 0.429. The van der Waals surface area contributed by atoms with Gasteiger partial charge in [0, 0.05) is 60.8 Å². The summed E-state index contributed by atoms with van der Waals surface area (Å²) in [6.07, 6.45) is 2.95. The number of hydrogen-bond acceptors (Lipinski definition) is 5. The lowest BCUT2D eigenvalue weighted by Gasteiger charge is -2.33. The van der Waals surface area contributed by atoms with Crippen molar-refractivity contribution in [1.82, 2.24) is 9.80 Å². The zero-order valence-electron chi connectivity index (χ0n) is 24.6. The van der Waals surface area contributed by atoms with Crippen molar-refractivity contribution in [3.05, 3.63) is 87.9 Å². The van der Waals surface area contributed by atoms with Gasteiger partial charge in [-0.05, 0) is 93.2 Å². The maximum atomic E-state index is 14.0. The minimum Gasteiger partial charge on any atom is -0.496 e. The van der Waals surface area contributed by atoms with Gasteiger partial charge in [-0.1, -0.05) is 29.8 Å². The van der Waals surface area contributed by atoms with Crippen LogP contribution in [0.15, 0.2) is 60.7 Å². The molecule has 0 aliphatic carbocycles. The molecule has 1 unspecified atom stereocenters. The second-order valence-corrected chi connectivity index (χ2v) is 11.6. The van der Waals surface area contributed by atoms with E-state index < -0.39 is 0 Å². The van der Waals surface area contributed by atoms with Crippen molar-refractivity contribution in [2.24, 2.45) is 0 Å². The summed E-state index contributed by atoms with van der Waals surface area (Å²) in [5.41, 5.74) is 4.58. The van der Waals surface area contributed by atoms with Crippen molar-refractivity contribution < 1.29 is 14.3 Å². The minimum absolute atomic E-state index is 0. The second kappa shape index (κ2) is 14.4. The Morgan fingerprint density at radius 3 is 2.48 bits per heavy atom. The van der Waals surface area contributed by atoms with Gasteiger partial charge in [-0.2, -0.15) is 0 Å². The molecule has 224 valence electrons. The maximum Gasteiger partial charge on any atom is 0.262 e. The van der Waals surface area contributed by atoms with E-state index in [1.807, 2.05) is 48.2 Å². The number of methoxy groups -OCH3 is 1. The summed E-state index contributed by atoms with van der Waals surface area (Å²) < 4.78 is 5.65. The molecular weight excluding hydrogens is 571 g/mol. The Hall–Kier alpha value is -3.10. The highest BCUT2D eigenvalue weighted by Crippen LogP contribution is 2.39. The molecule has 3 aromatic rings. The number of fused-ring (bicyclic) bond motifs is 1. The van der Waals surface area contributed by atoms with Crippen LogP contribution in [0.25, 0.3) is 0 Å². The molecular formula is C33H40Cl2N4O3. The normalized spacial score (nSPS) is 17.5. The second-order valence-electron chi connectivity index (χ2n) is 11.1. The molecule has 0 bridgehead atoms. The standard InChI is InChI=1S/C33H39ClN4O3.ClH/c1-23-7-4-5-9-27(23)32(39)35-26-11-12-28(31(22-26)41-3)33(40)38-15-6-8-24(29-21-25(34)10-13-30(29)38)14-16-37-19-17-36(2)18-20-37;/h4-5,7,9-13,21-22,24H,6,8,14-20H2,1-3H3,(H,35,39);1H. The summed E-state index contributed by atoms with van der Waals surface area (Å²) in [6.45, 7) is 7.96. The van der Waals surface area contributed by atoms with Crippen molar-refractivity contribution >= 4 is 47.2 Å². The third-order valence-electron chi connectivity index (χ3n) is 8.37. The fourth-order valence-electron chi connectivity index (χ4n) is 5.91. The Labute approximate surface area is 260 Å². The molecule has 2 aliphatic heterocycles. The summed E-state index contributed by atoms with van der Waals surface area (Å²) in [5, 5.41) is 3.62. The van der Waals surface area contributed by atoms with Crippen molar-refractivity contribution in [2.75, 3.05) is 63.6 Å². The number of benzene rings is 3. The number of nitrogens with zero attached hydrogens (tertiary/aromatic N) is 3. The van der Waals surface area contributed by atoms with Crippen molar-refractivity contribution in [2.45, 2.75) is 32.1 Å². The Morgan fingerprint density at radius 1 is 0.976 bits per heavy atom. The van der Waals surface area contributed by atoms with E-state index in [9.17, 15) is 9.59 Å². The van der Waals surface area contributed by atoms with Crippen LogP contribution < -0.4 is 15.0 Å². The Bertz CT molecular complexity index is 1410. The van der Waals surface area contributed by atoms with Crippen molar-refractivity contribution in [3.63, 3.8) is 0 Å². The lowest BCUT2D eigenvalue weighted by Crippen LogP contribution is -2.44. The molecule has 2 heterocycles. The summed E-state index contributed by atoms with van der Waals surface area (Å²) in [6, 6.07) is 18.5. The van der Waals surface area contributed by atoms with E-state index >= 15 is 0 Å². The van der Waals surface area contributed by atoms with Crippen LogP contribution in [0.1, 0.15) is 57.0 Å². The molecule has 0 radical (unpaired) electrons. The zero-order valence-corrected chi connectivity index (χ0v) is 26.1. The van der Waals surface area contributed by atoms with Gasteiger partial charge in [0.1, 0.15) is 5.75 Å². The van der Waals surface area contributed by atoms with Gasteiger partial charge < -0.3 is 24.8 Å². The molecule has 2 aliphatic rings. The third-order valence-corrected chi connectivity index (χ3v) is 8.60. The number of carbonyl (C=O) groups excluding carboxylic acids is 2. The number of rotatable bonds is 7. The average Bonchev–Trinajstić information content (AvgIpc) is 3.15. The molecule has 7 nitrogen and oxygen atoms in total. The molecule has 1 N–H and O–H groups in total. The van der Waals surface area contributed by atoms with Crippen LogP contribution in [0.4, 0.5) is 11.4 Å². The Morgan fingerprint density at radius 2 is 1.74 bits per heavy atom. The highest BCUT2D eigenvalue weighted by Gasteiger charge is 2.29. The van der Waals surface area contributed by atoms with Gasteiger partial charge in [0.2, 0.25) is 0 Å². The van der Waals surface area contributed by atoms with E-state index in [-0.39, 0.29) is 24.2 Å². The molecule has 1 saturated heterocycles. The monoisotopic (exact) mass is 610 g/mol. The third kappa shape index (κ3) is 7.27. The number of amides is 2. The first kappa shape index (κ1) is 31.8. The molecule has 1 fully saturated rings. The number of likely N-dealkylation sites (N-methyl/N-ethyl adjacent to an activating group) is 1. The summed E-state index contributed by atoms with van der Waals surface area (Å²) >= 11 is 6.49. The van der Waals surface area contributed by atoms with Crippen LogP contribution in [-0.2, 0) is 0 Å². The number of carbonyl (C=O) groups is 2. The summed E-state index contributed by atoms with van der Waals surface area (Å²) in [7, 11) is 3.72. The number of piperazine rings is 1. The Balaban J connectivity index is 0.00000405. The minimum atomic E-state index is -0.204. The molecule has 5 rings (SSSR count). The van der Waals surface area contributed by atoms with Crippen molar-refractivity contribution in [1.29, 1.82) is 0 Å². The number of anilines is 2. The topological polar surface area (TPSA) is 65.1 Å². The average molecular weight is 612 g/mol. The highest BCUT2D eigenvalue weighted by atomic mass is 35.5. The Kier molecular flexibility index (Phi) is 10.9. The van der Waals surface area contributed by atoms with Crippen molar-refractivity contribution in [3.8, 4) is 5.75 Å². The number of halogens is 2. The number of aryl methyl sites for hydroxylation is 1. The molecule has 9 heteroatoms. The largest absolute Gasteiger partial charge is 0.496 e. The van der Waals surface area contributed by atoms with E-state index in [1.54, 1.807) is 31.4 Å². The van der Waals surface area contributed by atoms with Crippen LogP contribution in [0.3, 0.4) is 0 Å². The van der Waals surface area contributed by atoms with E-state index in [2.05, 4.69) is 22.2 Å². The fourth-order valence-corrected chi connectivity index (χ4v) is 6.09. The van der Waals surface area contributed by atoms with E-state index in [4.69, 9.17) is 16.3 Å². The number of ether oxygens (including phenoxy) is 1. The molecule has 0 saturated carbocycles. The molecule has 1 atom stereocenters. The smallest absolute Gasteiger partial charge is 0.262 e. The van der Waals surface area contributed by atoms with E-state index in [0.717, 1.165) is 68.8 Å². The van der Waals surface area contributed by atoms with Gasteiger partial charge in [-0.15, -0.1) is 12.4 Å². The molecule has 42 heavy (non-hydrogen) atoms. The van der Waals surface area contributed by atoms with Gasteiger partial charge in [0.15, 0.2) is 0 Å². The van der Waals surface area contributed by atoms with Crippen LogP contribution >= 0.6 is 24.0 Å². The van der Waals surface area contributed by atoms with Crippen LogP contribution in [0.5, 0.6) is 5.75 Å². The first-order chi connectivity index (χ1) is 19.8. The fraction of sp³-hybridized carbons (Fsp3) is 0.394. The van der Waals surface area contributed by atoms with E-state index in [1.165, 1.54) is 0 Å². The van der Waals surface area contributed by atoms with Crippen LogP contribution in [0.2, 0.25) is 5.02 Å². The first-order valence-electron chi connectivity index (χ1n) is 14.4. The SMILES string of the molecule is COc1cc(NC(=O)c2ccccc2C)ccc1C(=O)N1CCCC(CCN2CCN(C)CC2)c2cc(Cl)ccc21.Cl. The molecule has 0 aromatic heterocycles. The predicted molar refractivity (Wildman–Crippen MR) is 173 cm³/mol. The van der Waals surface area contributed by atoms with Gasteiger partial charge in [-0.25, -0.2) is 0 Å². The maximum absolute atomic E-state index is 14.0.